The molecule has 1 N–H and O–H groups in total. The standard InChI is InChI=1S/C32H36F9N5O2/c1-4-22(10-19-5-7-20(8-6-19)13-28(47)48)26-9-18(2)27(32(39,40)41)14-23(26)17-46(29-42-44-45(3)43-29)16-21-11-24(30(33,34)35)15-25(12-21)31(36,37)38/h9,11-12,14-15,19-20,22H,4-8,10,13,16-17H2,1-3H3,(H,47,48). The highest BCUT2D eigenvalue weighted by molar-refractivity contribution is 5.67. The fourth-order valence-electron chi connectivity index (χ4n) is 6.57. The number of hydrogen-bond donors (Lipinski definition) is 1. The van der Waals surface area contributed by atoms with Crippen LogP contribution in [-0.2, 0) is 43.5 Å². The van der Waals surface area contributed by atoms with Gasteiger partial charge in [-0.3, -0.25) is 4.79 Å². The molecule has 1 atom stereocenters. The number of anilines is 1. The lowest BCUT2D eigenvalue weighted by Gasteiger charge is -2.32. The summed E-state index contributed by atoms with van der Waals surface area (Å²) in [7, 11) is 1.39. The highest BCUT2D eigenvalue weighted by atomic mass is 19.4. The van der Waals surface area contributed by atoms with Crippen LogP contribution in [0.15, 0.2) is 30.3 Å². The molecule has 7 nitrogen and oxygen atoms in total. The molecule has 1 aliphatic carbocycles. The van der Waals surface area contributed by atoms with Crippen molar-refractivity contribution in [1.29, 1.82) is 0 Å². The van der Waals surface area contributed by atoms with Crippen LogP contribution in [0, 0.1) is 18.8 Å². The van der Waals surface area contributed by atoms with Crippen LogP contribution in [0.3, 0.4) is 0 Å². The minimum atomic E-state index is -5.10. The van der Waals surface area contributed by atoms with Crippen LogP contribution in [0.4, 0.5) is 45.5 Å². The third-order valence-electron chi connectivity index (χ3n) is 8.93. The second kappa shape index (κ2) is 14.3. The van der Waals surface area contributed by atoms with Crippen molar-refractivity contribution in [2.45, 2.75) is 96.3 Å². The zero-order valence-electron chi connectivity index (χ0n) is 26.5. The molecule has 0 amide bonds. The van der Waals surface area contributed by atoms with Crippen molar-refractivity contribution < 1.29 is 49.4 Å². The van der Waals surface area contributed by atoms with E-state index in [9.17, 15) is 44.3 Å². The van der Waals surface area contributed by atoms with Crippen LogP contribution in [-0.4, -0.2) is 31.3 Å². The Hall–Kier alpha value is -3.85. The molecule has 0 aliphatic heterocycles. The number of carboxylic acids is 1. The van der Waals surface area contributed by atoms with E-state index in [1.165, 1.54) is 24.9 Å². The first-order chi connectivity index (χ1) is 22.2. The summed E-state index contributed by atoms with van der Waals surface area (Å²) in [4.78, 5) is 13.4. The number of aromatic nitrogens is 4. The first-order valence-corrected chi connectivity index (χ1v) is 15.4. The zero-order valence-corrected chi connectivity index (χ0v) is 26.5. The van der Waals surface area contributed by atoms with Gasteiger partial charge in [0.1, 0.15) is 0 Å². The molecule has 3 aromatic rings. The molecule has 0 bridgehead atoms. The van der Waals surface area contributed by atoms with Crippen molar-refractivity contribution in [2.24, 2.45) is 18.9 Å². The summed E-state index contributed by atoms with van der Waals surface area (Å²) in [6.45, 7) is 2.26. The summed E-state index contributed by atoms with van der Waals surface area (Å²) in [5, 5.41) is 20.8. The Bertz CT molecular complexity index is 1540. The average molecular weight is 694 g/mol. The third-order valence-corrected chi connectivity index (χ3v) is 8.93. The van der Waals surface area contributed by atoms with Crippen molar-refractivity contribution in [3.8, 4) is 0 Å². The quantitative estimate of drug-likeness (QED) is 0.202. The molecular weight excluding hydrogens is 657 g/mol. The number of aryl methyl sites for hydroxylation is 2. The van der Waals surface area contributed by atoms with Gasteiger partial charge in [-0.2, -0.15) is 44.3 Å². The van der Waals surface area contributed by atoms with Gasteiger partial charge < -0.3 is 10.0 Å². The summed E-state index contributed by atoms with van der Waals surface area (Å²) in [5.41, 5.74) is -3.66. The number of tetrazole rings is 1. The van der Waals surface area contributed by atoms with Crippen molar-refractivity contribution in [3.63, 3.8) is 0 Å². The van der Waals surface area contributed by atoms with Crippen LogP contribution >= 0.6 is 0 Å². The zero-order chi connectivity index (χ0) is 35.6. The highest BCUT2D eigenvalue weighted by Crippen LogP contribution is 2.42. The molecule has 1 fully saturated rings. The van der Waals surface area contributed by atoms with E-state index in [2.05, 4.69) is 15.4 Å². The van der Waals surface area contributed by atoms with E-state index < -0.39 is 53.3 Å². The van der Waals surface area contributed by atoms with Gasteiger partial charge in [0.05, 0.1) is 23.7 Å². The molecule has 1 heterocycles. The molecule has 0 radical (unpaired) electrons. The molecule has 1 aliphatic rings. The van der Waals surface area contributed by atoms with Crippen LogP contribution in [0.1, 0.15) is 96.7 Å². The van der Waals surface area contributed by atoms with Crippen LogP contribution in [0.5, 0.6) is 0 Å². The maximum atomic E-state index is 14.2. The molecule has 1 aromatic heterocycles. The minimum Gasteiger partial charge on any atom is -0.481 e. The number of nitrogens with zero attached hydrogens (tertiary/aromatic N) is 5. The van der Waals surface area contributed by atoms with E-state index in [1.807, 2.05) is 6.92 Å². The predicted octanol–water partition coefficient (Wildman–Crippen LogP) is 8.95. The summed E-state index contributed by atoms with van der Waals surface area (Å²) < 4.78 is 124. The smallest absolute Gasteiger partial charge is 0.416 e. The van der Waals surface area contributed by atoms with Crippen LogP contribution < -0.4 is 4.90 Å². The van der Waals surface area contributed by atoms with Gasteiger partial charge in [0, 0.05) is 19.5 Å². The minimum absolute atomic E-state index is 0.00306. The molecule has 2 aromatic carbocycles. The van der Waals surface area contributed by atoms with E-state index in [1.54, 1.807) is 0 Å². The predicted molar refractivity (Wildman–Crippen MR) is 157 cm³/mol. The molecule has 4 rings (SSSR count). The first kappa shape index (κ1) is 37.0. The molecule has 48 heavy (non-hydrogen) atoms. The third kappa shape index (κ3) is 9.40. The number of hydrogen-bond acceptors (Lipinski definition) is 5. The normalized spacial score (nSPS) is 18.2. The van der Waals surface area contributed by atoms with Crippen molar-refractivity contribution in [1.82, 2.24) is 20.2 Å². The van der Waals surface area contributed by atoms with E-state index in [0.717, 1.165) is 36.5 Å². The van der Waals surface area contributed by atoms with Gasteiger partial charge in [-0.05, 0) is 102 Å². The highest BCUT2D eigenvalue weighted by Gasteiger charge is 2.38. The van der Waals surface area contributed by atoms with Gasteiger partial charge >= 0.3 is 24.5 Å². The Labute approximate surface area is 271 Å². The summed E-state index contributed by atoms with van der Waals surface area (Å²) in [6, 6.07) is 3.56. The molecule has 264 valence electrons. The fraction of sp³-hybridized carbons (Fsp3) is 0.562. The Morgan fingerprint density at radius 1 is 0.896 bits per heavy atom. The number of carbonyl (C=O) groups is 1. The topological polar surface area (TPSA) is 84.1 Å². The molecular formula is C32H36F9N5O2. The van der Waals surface area contributed by atoms with E-state index >= 15 is 0 Å². The van der Waals surface area contributed by atoms with E-state index in [4.69, 9.17) is 5.11 Å². The molecule has 16 heteroatoms. The van der Waals surface area contributed by atoms with Crippen molar-refractivity contribution in [3.05, 3.63) is 69.3 Å². The SMILES string of the molecule is CCC(CC1CCC(CC(=O)O)CC1)c1cc(C)c(C(F)(F)F)cc1CN(Cc1cc(C(F)(F)F)cc(C(F)(F)F)c1)c1nnn(C)n1. The number of benzene rings is 2. The van der Waals surface area contributed by atoms with Crippen LogP contribution in [0.2, 0.25) is 0 Å². The van der Waals surface area contributed by atoms with Gasteiger partial charge in [0.2, 0.25) is 0 Å². The molecule has 1 saturated carbocycles. The average Bonchev–Trinajstić information content (AvgIpc) is 3.41. The fourth-order valence-corrected chi connectivity index (χ4v) is 6.57. The van der Waals surface area contributed by atoms with Crippen molar-refractivity contribution in [2.75, 3.05) is 4.90 Å². The summed E-state index contributed by atoms with van der Waals surface area (Å²) >= 11 is 0. The second-order valence-corrected chi connectivity index (χ2v) is 12.5. The lowest BCUT2D eigenvalue weighted by Crippen LogP contribution is -2.26. The summed E-state index contributed by atoms with van der Waals surface area (Å²) in [5.74, 6) is -1.04. The number of rotatable bonds is 11. The van der Waals surface area contributed by atoms with E-state index in [0.29, 0.717) is 30.5 Å². The largest absolute Gasteiger partial charge is 0.481 e. The lowest BCUT2D eigenvalue weighted by molar-refractivity contribution is -0.143. The maximum absolute atomic E-state index is 14.2. The number of carboxylic acid groups (broad SMARTS) is 1. The number of halogens is 9. The first-order valence-electron chi connectivity index (χ1n) is 15.4. The van der Waals surface area contributed by atoms with Gasteiger partial charge in [-0.15, -0.1) is 5.10 Å². The van der Waals surface area contributed by atoms with Gasteiger partial charge in [0.25, 0.3) is 5.95 Å². The van der Waals surface area contributed by atoms with Gasteiger partial charge in [-0.25, -0.2) is 0 Å². The molecule has 0 spiro atoms. The monoisotopic (exact) mass is 693 g/mol. The Morgan fingerprint density at radius 3 is 1.96 bits per heavy atom. The maximum Gasteiger partial charge on any atom is 0.416 e. The Kier molecular flexibility index (Phi) is 11.0. The van der Waals surface area contributed by atoms with E-state index in [-0.39, 0.29) is 53.9 Å². The van der Waals surface area contributed by atoms with Crippen molar-refractivity contribution >= 4 is 11.9 Å². The van der Waals surface area contributed by atoms with Gasteiger partial charge in [0.15, 0.2) is 0 Å². The number of aliphatic carboxylic acids is 1. The lowest BCUT2D eigenvalue weighted by atomic mass is 9.74. The Morgan fingerprint density at radius 2 is 1.48 bits per heavy atom. The second-order valence-electron chi connectivity index (χ2n) is 12.5. The van der Waals surface area contributed by atoms with Gasteiger partial charge in [-0.1, -0.05) is 30.9 Å². The Balaban J connectivity index is 1.75. The summed E-state index contributed by atoms with van der Waals surface area (Å²) in [6.07, 6.45) is -10.7. The molecule has 1 unspecified atom stereocenters. The molecule has 0 saturated heterocycles. The number of alkyl halides is 9. The van der Waals surface area contributed by atoms with Crippen LogP contribution in [0.25, 0.3) is 0 Å².